The maximum absolute atomic E-state index is 12.4. The predicted molar refractivity (Wildman–Crippen MR) is 80.5 cm³/mol. The molecular weight excluding hydrogens is 280 g/mol. The molecule has 3 rings (SSSR count). The molecule has 22 heavy (non-hydrogen) atoms. The van der Waals surface area contributed by atoms with E-state index in [1.54, 1.807) is 31.3 Å². The Hall–Kier alpha value is -2.81. The summed E-state index contributed by atoms with van der Waals surface area (Å²) in [6.07, 6.45) is 3.22. The third-order valence-corrected chi connectivity index (χ3v) is 3.86. The summed E-state index contributed by atoms with van der Waals surface area (Å²) in [5.74, 6) is 1.33. The van der Waals surface area contributed by atoms with Crippen molar-refractivity contribution >= 4 is 11.7 Å². The third kappa shape index (κ3) is 2.53. The number of rotatable bonds is 2. The molecule has 2 aromatic heterocycles. The van der Waals surface area contributed by atoms with Gasteiger partial charge in [0, 0.05) is 32.4 Å². The van der Waals surface area contributed by atoms with Crippen LogP contribution in [0.3, 0.4) is 0 Å². The molecular formula is C16H16N4O2. The number of nitriles is 1. The van der Waals surface area contributed by atoms with Gasteiger partial charge in [0.15, 0.2) is 0 Å². The second kappa shape index (κ2) is 5.90. The Morgan fingerprint density at radius 1 is 1.32 bits per heavy atom. The van der Waals surface area contributed by atoms with Gasteiger partial charge in [0.25, 0.3) is 5.91 Å². The van der Waals surface area contributed by atoms with Crippen LogP contribution >= 0.6 is 0 Å². The SMILES string of the molecule is Cc1occc1C(=O)N1CCN(c2ncccc2C#N)CC1. The average molecular weight is 296 g/mol. The van der Waals surface area contributed by atoms with E-state index in [9.17, 15) is 4.79 Å². The van der Waals surface area contributed by atoms with Crippen LogP contribution in [0.15, 0.2) is 35.1 Å². The quantitative estimate of drug-likeness (QED) is 0.845. The number of aryl methyl sites for hydroxylation is 1. The highest BCUT2D eigenvalue weighted by molar-refractivity contribution is 5.95. The normalized spacial score (nSPS) is 14.7. The lowest BCUT2D eigenvalue weighted by atomic mass is 10.2. The Labute approximate surface area is 128 Å². The number of carbonyl (C=O) groups excluding carboxylic acids is 1. The van der Waals surface area contributed by atoms with Crippen molar-refractivity contribution < 1.29 is 9.21 Å². The van der Waals surface area contributed by atoms with E-state index in [0.29, 0.717) is 48.9 Å². The number of carbonyl (C=O) groups is 1. The molecule has 0 aromatic carbocycles. The summed E-state index contributed by atoms with van der Waals surface area (Å²) in [6.45, 7) is 4.31. The van der Waals surface area contributed by atoms with Crippen LogP contribution in [-0.2, 0) is 0 Å². The molecule has 112 valence electrons. The van der Waals surface area contributed by atoms with Gasteiger partial charge in [0.1, 0.15) is 17.6 Å². The highest BCUT2D eigenvalue weighted by atomic mass is 16.3. The summed E-state index contributed by atoms with van der Waals surface area (Å²) in [5, 5.41) is 9.15. The molecule has 0 N–H and O–H groups in total. The van der Waals surface area contributed by atoms with Crippen LogP contribution in [0.4, 0.5) is 5.82 Å². The highest BCUT2D eigenvalue weighted by Gasteiger charge is 2.25. The van der Waals surface area contributed by atoms with Gasteiger partial charge in [-0.1, -0.05) is 0 Å². The molecule has 2 aromatic rings. The number of furan rings is 1. The Morgan fingerprint density at radius 2 is 2.09 bits per heavy atom. The van der Waals surface area contributed by atoms with Crippen molar-refractivity contribution in [2.75, 3.05) is 31.1 Å². The number of nitrogens with zero attached hydrogens (tertiary/aromatic N) is 4. The largest absolute Gasteiger partial charge is 0.469 e. The fraction of sp³-hybridized carbons (Fsp3) is 0.312. The van der Waals surface area contributed by atoms with Crippen molar-refractivity contribution in [3.8, 4) is 6.07 Å². The summed E-state index contributed by atoms with van der Waals surface area (Å²) in [4.78, 5) is 20.6. The van der Waals surface area contributed by atoms with Gasteiger partial charge in [-0.05, 0) is 25.1 Å². The van der Waals surface area contributed by atoms with Crippen LogP contribution in [-0.4, -0.2) is 42.0 Å². The average Bonchev–Trinajstić information content (AvgIpc) is 3.00. The second-order valence-electron chi connectivity index (χ2n) is 5.16. The number of piperazine rings is 1. The first kappa shape index (κ1) is 14.1. The van der Waals surface area contributed by atoms with Gasteiger partial charge in [-0.3, -0.25) is 4.79 Å². The molecule has 0 saturated carbocycles. The van der Waals surface area contributed by atoms with Crippen molar-refractivity contribution in [3.05, 3.63) is 47.5 Å². The predicted octanol–water partition coefficient (Wildman–Crippen LogP) is 1.82. The number of pyridine rings is 1. The summed E-state index contributed by atoms with van der Waals surface area (Å²) in [5.41, 5.74) is 1.18. The third-order valence-electron chi connectivity index (χ3n) is 3.86. The molecule has 1 fully saturated rings. The van der Waals surface area contributed by atoms with E-state index in [4.69, 9.17) is 9.68 Å². The van der Waals surface area contributed by atoms with Crippen molar-refractivity contribution in [1.29, 1.82) is 5.26 Å². The number of hydrogen-bond acceptors (Lipinski definition) is 5. The molecule has 0 unspecified atom stereocenters. The van der Waals surface area contributed by atoms with Gasteiger partial charge in [-0.15, -0.1) is 0 Å². The lowest BCUT2D eigenvalue weighted by Gasteiger charge is -2.35. The first-order chi connectivity index (χ1) is 10.7. The van der Waals surface area contributed by atoms with E-state index in [1.165, 1.54) is 6.26 Å². The minimum Gasteiger partial charge on any atom is -0.469 e. The summed E-state index contributed by atoms with van der Waals surface area (Å²) in [6, 6.07) is 7.38. The van der Waals surface area contributed by atoms with Gasteiger partial charge in [-0.2, -0.15) is 5.26 Å². The van der Waals surface area contributed by atoms with E-state index < -0.39 is 0 Å². The first-order valence-electron chi connectivity index (χ1n) is 7.14. The minimum atomic E-state index is -0.00701. The van der Waals surface area contributed by atoms with E-state index >= 15 is 0 Å². The lowest BCUT2D eigenvalue weighted by molar-refractivity contribution is 0.0744. The van der Waals surface area contributed by atoms with E-state index in [-0.39, 0.29) is 5.91 Å². The van der Waals surface area contributed by atoms with E-state index in [1.807, 2.05) is 9.80 Å². The Balaban J connectivity index is 1.69. The standard InChI is InChI=1S/C16H16N4O2/c1-12-14(4-10-22-12)16(21)20-8-6-19(7-9-20)15-13(11-17)3-2-5-18-15/h2-5,10H,6-9H2,1H3. The van der Waals surface area contributed by atoms with Crippen LogP contribution < -0.4 is 4.90 Å². The molecule has 1 saturated heterocycles. The maximum Gasteiger partial charge on any atom is 0.257 e. The van der Waals surface area contributed by atoms with Crippen LogP contribution in [0.2, 0.25) is 0 Å². The lowest BCUT2D eigenvalue weighted by Crippen LogP contribution is -2.49. The summed E-state index contributed by atoms with van der Waals surface area (Å²) < 4.78 is 5.19. The molecule has 1 amide bonds. The monoisotopic (exact) mass is 296 g/mol. The van der Waals surface area contributed by atoms with Gasteiger partial charge >= 0.3 is 0 Å². The smallest absolute Gasteiger partial charge is 0.257 e. The molecule has 0 bridgehead atoms. The van der Waals surface area contributed by atoms with E-state index in [0.717, 1.165) is 0 Å². The molecule has 0 atom stereocenters. The molecule has 6 nitrogen and oxygen atoms in total. The molecule has 6 heteroatoms. The summed E-state index contributed by atoms with van der Waals surface area (Å²) >= 11 is 0. The molecule has 1 aliphatic heterocycles. The fourth-order valence-electron chi connectivity index (χ4n) is 2.63. The molecule has 0 aliphatic carbocycles. The first-order valence-corrected chi connectivity index (χ1v) is 7.14. The topological polar surface area (TPSA) is 73.4 Å². The number of amides is 1. The Kier molecular flexibility index (Phi) is 3.79. The van der Waals surface area contributed by atoms with Crippen molar-refractivity contribution in [2.45, 2.75) is 6.92 Å². The van der Waals surface area contributed by atoms with Crippen LogP contribution in [0, 0.1) is 18.3 Å². The van der Waals surface area contributed by atoms with Gasteiger partial charge in [-0.25, -0.2) is 4.98 Å². The zero-order valence-electron chi connectivity index (χ0n) is 12.3. The van der Waals surface area contributed by atoms with Crippen LogP contribution in [0.25, 0.3) is 0 Å². The van der Waals surface area contributed by atoms with Gasteiger partial charge in [0.2, 0.25) is 0 Å². The fourth-order valence-corrected chi connectivity index (χ4v) is 2.63. The Bertz CT molecular complexity index is 724. The van der Waals surface area contributed by atoms with Gasteiger partial charge in [0.05, 0.1) is 17.4 Å². The maximum atomic E-state index is 12.4. The number of aromatic nitrogens is 1. The molecule has 0 radical (unpaired) electrons. The molecule has 1 aliphatic rings. The zero-order valence-corrected chi connectivity index (χ0v) is 12.3. The zero-order chi connectivity index (χ0) is 15.5. The van der Waals surface area contributed by atoms with Crippen molar-refractivity contribution in [2.24, 2.45) is 0 Å². The van der Waals surface area contributed by atoms with Crippen molar-refractivity contribution in [3.63, 3.8) is 0 Å². The number of anilines is 1. The Morgan fingerprint density at radius 3 is 2.73 bits per heavy atom. The second-order valence-corrected chi connectivity index (χ2v) is 5.16. The van der Waals surface area contributed by atoms with E-state index in [2.05, 4.69) is 11.1 Å². The minimum absolute atomic E-state index is 0.00701. The molecule has 0 spiro atoms. The summed E-state index contributed by atoms with van der Waals surface area (Å²) in [7, 11) is 0. The van der Waals surface area contributed by atoms with Crippen LogP contribution in [0.1, 0.15) is 21.7 Å². The highest BCUT2D eigenvalue weighted by Crippen LogP contribution is 2.19. The van der Waals surface area contributed by atoms with Gasteiger partial charge < -0.3 is 14.2 Å². The van der Waals surface area contributed by atoms with Crippen molar-refractivity contribution in [1.82, 2.24) is 9.88 Å². The van der Waals surface area contributed by atoms with Crippen LogP contribution in [0.5, 0.6) is 0 Å². The number of hydrogen-bond donors (Lipinski definition) is 0. The molecule has 3 heterocycles.